The maximum atomic E-state index is 12.8. The van der Waals surface area contributed by atoms with Crippen molar-refractivity contribution >= 4 is 29.2 Å². The molecule has 2 aromatic carbocycles. The van der Waals surface area contributed by atoms with Gasteiger partial charge in [0.1, 0.15) is 0 Å². The molecule has 2 amide bonds. The third kappa shape index (κ3) is 5.81. The summed E-state index contributed by atoms with van der Waals surface area (Å²) in [4.78, 5) is 37.7. The smallest absolute Gasteiger partial charge is 0.330 e. The van der Waals surface area contributed by atoms with Gasteiger partial charge in [-0.3, -0.25) is 9.59 Å². The second-order valence-electron chi connectivity index (χ2n) is 5.54. The van der Waals surface area contributed by atoms with Crippen molar-refractivity contribution < 1.29 is 19.1 Å². The predicted molar refractivity (Wildman–Crippen MR) is 105 cm³/mol. The van der Waals surface area contributed by atoms with Crippen LogP contribution in [0.3, 0.4) is 0 Å². The number of ether oxygens (including phenoxy) is 1. The number of rotatable bonds is 7. The number of carbonyl (C=O) groups is 3. The third-order valence-corrected chi connectivity index (χ3v) is 3.66. The number of esters is 1. The summed E-state index contributed by atoms with van der Waals surface area (Å²) < 4.78 is 4.72. The fourth-order valence-corrected chi connectivity index (χ4v) is 2.46. The Morgan fingerprint density at radius 2 is 1.74 bits per heavy atom. The van der Waals surface area contributed by atoms with Gasteiger partial charge in [0.05, 0.1) is 6.61 Å². The van der Waals surface area contributed by atoms with E-state index in [4.69, 9.17) is 4.74 Å². The molecule has 140 valence electrons. The molecule has 0 unspecified atom stereocenters. The minimum atomic E-state index is -0.585. The third-order valence-electron chi connectivity index (χ3n) is 3.66. The Bertz CT molecular complexity index is 831. The van der Waals surface area contributed by atoms with Crippen LogP contribution in [-0.2, 0) is 14.3 Å². The minimum Gasteiger partial charge on any atom is -0.463 e. The number of hydrogen-bond acceptors (Lipinski definition) is 4. The Hall–Kier alpha value is -3.41. The van der Waals surface area contributed by atoms with Gasteiger partial charge in [0, 0.05) is 35.6 Å². The molecule has 2 aromatic rings. The first-order valence-corrected chi connectivity index (χ1v) is 8.68. The average molecular weight is 366 g/mol. The summed E-state index contributed by atoms with van der Waals surface area (Å²) in [5.41, 5.74) is 1.72. The molecular weight excluding hydrogens is 344 g/mol. The molecule has 0 radical (unpaired) electrons. The van der Waals surface area contributed by atoms with E-state index in [0.717, 1.165) is 17.8 Å². The van der Waals surface area contributed by atoms with Crippen LogP contribution in [0.2, 0.25) is 0 Å². The number of amides is 2. The summed E-state index contributed by atoms with van der Waals surface area (Å²) in [5, 5.41) is 2.63. The number of para-hydroxylation sites is 1. The molecule has 6 heteroatoms. The standard InChI is InChI=1S/C21H22N2O4/c1-3-23(18-11-6-5-7-12-18)21(26)16-9-8-10-17(15-16)22-19(24)13-14-20(25)27-4-2/h5-15H,3-4H2,1-2H3,(H,22,24)/b14-13+. The molecular formula is C21H22N2O4. The van der Waals surface area contributed by atoms with E-state index in [2.05, 4.69) is 5.32 Å². The highest BCUT2D eigenvalue weighted by Gasteiger charge is 2.16. The molecule has 1 N–H and O–H groups in total. The van der Waals surface area contributed by atoms with E-state index in [1.807, 2.05) is 37.3 Å². The zero-order valence-corrected chi connectivity index (χ0v) is 15.3. The van der Waals surface area contributed by atoms with E-state index in [-0.39, 0.29) is 12.5 Å². The maximum absolute atomic E-state index is 12.8. The van der Waals surface area contributed by atoms with Gasteiger partial charge in [0.15, 0.2) is 0 Å². The van der Waals surface area contributed by atoms with Gasteiger partial charge in [-0.2, -0.15) is 0 Å². The number of benzene rings is 2. The SMILES string of the molecule is CCOC(=O)/C=C/C(=O)Nc1cccc(C(=O)N(CC)c2ccccc2)c1. The van der Waals surface area contributed by atoms with Gasteiger partial charge < -0.3 is 15.0 Å². The first kappa shape index (κ1) is 19.9. The monoisotopic (exact) mass is 366 g/mol. The number of carbonyl (C=O) groups excluding carboxylic acids is 3. The van der Waals surface area contributed by atoms with E-state index in [9.17, 15) is 14.4 Å². The second-order valence-corrected chi connectivity index (χ2v) is 5.54. The summed E-state index contributed by atoms with van der Waals surface area (Å²) >= 11 is 0. The van der Waals surface area contributed by atoms with Crippen molar-refractivity contribution in [3.8, 4) is 0 Å². The maximum Gasteiger partial charge on any atom is 0.330 e. The summed E-state index contributed by atoms with van der Waals surface area (Å²) in [5.74, 6) is -1.23. The van der Waals surface area contributed by atoms with Gasteiger partial charge in [-0.05, 0) is 44.2 Å². The molecule has 27 heavy (non-hydrogen) atoms. The molecule has 0 fully saturated rings. The number of hydrogen-bond donors (Lipinski definition) is 1. The lowest BCUT2D eigenvalue weighted by molar-refractivity contribution is -0.137. The van der Waals surface area contributed by atoms with E-state index >= 15 is 0 Å². The summed E-state index contributed by atoms with van der Waals surface area (Å²) in [7, 11) is 0. The van der Waals surface area contributed by atoms with Crippen LogP contribution >= 0.6 is 0 Å². The molecule has 0 saturated carbocycles. The number of anilines is 2. The Morgan fingerprint density at radius 1 is 1.00 bits per heavy atom. The predicted octanol–water partition coefficient (Wildman–Crippen LogP) is 3.41. The second kappa shape index (κ2) is 9.91. The molecule has 0 heterocycles. The van der Waals surface area contributed by atoms with Crippen LogP contribution < -0.4 is 10.2 Å². The van der Waals surface area contributed by atoms with Crippen molar-refractivity contribution in [2.45, 2.75) is 13.8 Å². The lowest BCUT2D eigenvalue weighted by atomic mass is 10.1. The van der Waals surface area contributed by atoms with E-state index in [1.54, 1.807) is 36.1 Å². The molecule has 0 saturated heterocycles. The normalized spacial score (nSPS) is 10.4. The molecule has 0 atom stereocenters. The molecule has 0 aliphatic carbocycles. The van der Waals surface area contributed by atoms with Gasteiger partial charge in [-0.15, -0.1) is 0 Å². The summed E-state index contributed by atoms with van der Waals surface area (Å²) in [6, 6.07) is 16.0. The zero-order chi connectivity index (χ0) is 19.6. The van der Waals surface area contributed by atoms with Crippen LogP contribution in [0.5, 0.6) is 0 Å². The molecule has 0 aromatic heterocycles. The quantitative estimate of drug-likeness (QED) is 0.602. The van der Waals surface area contributed by atoms with Crippen LogP contribution in [0.1, 0.15) is 24.2 Å². The molecule has 0 aliphatic heterocycles. The molecule has 2 rings (SSSR count). The lowest BCUT2D eigenvalue weighted by Gasteiger charge is -2.21. The van der Waals surface area contributed by atoms with Crippen LogP contribution in [-0.4, -0.2) is 30.9 Å². The van der Waals surface area contributed by atoms with E-state index in [0.29, 0.717) is 17.8 Å². The zero-order valence-electron chi connectivity index (χ0n) is 15.3. The Kier molecular flexibility index (Phi) is 7.31. The van der Waals surface area contributed by atoms with Gasteiger partial charge in [0.2, 0.25) is 5.91 Å². The van der Waals surface area contributed by atoms with Crippen molar-refractivity contribution in [3.05, 3.63) is 72.3 Å². The lowest BCUT2D eigenvalue weighted by Crippen LogP contribution is -2.30. The topological polar surface area (TPSA) is 75.7 Å². The van der Waals surface area contributed by atoms with Crippen molar-refractivity contribution in [2.75, 3.05) is 23.4 Å². The number of nitrogens with zero attached hydrogens (tertiary/aromatic N) is 1. The minimum absolute atomic E-state index is 0.165. The van der Waals surface area contributed by atoms with Crippen LogP contribution in [0, 0.1) is 0 Å². The van der Waals surface area contributed by atoms with Crippen molar-refractivity contribution in [1.29, 1.82) is 0 Å². The van der Waals surface area contributed by atoms with Crippen LogP contribution in [0.4, 0.5) is 11.4 Å². The van der Waals surface area contributed by atoms with Gasteiger partial charge in [-0.25, -0.2) is 4.79 Å². The highest BCUT2D eigenvalue weighted by molar-refractivity contribution is 6.07. The average Bonchev–Trinajstić information content (AvgIpc) is 2.68. The van der Waals surface area contributed by atoms with Crippen molar-refractivity contribution in [3.63, 3.8) is 0 Å². The summed E-state index contributed by atoms with van der Waals surface area (Å²) in [6.07, 6.45) is 2.15. The molecule has 0 bridgehead atoms. The van der Waals surface area contributed by atoms with Gasteiger partial charge in [-0.1, -0.05) is 24.3 Å². The Morgan fingerprint density at radius 3 is 2.41 bits per heavy atom. The molecule has 0 aliphatic rings. The first-order valence-electron chi connectivity index (χ1n) is 8.68. The van der Waals surface area contributed by atoms with E-state index < -0.39 is 11.9 Å². The fraction of sp³-hybridized carbons (Fsp3) is 0.190. The Balaban J connectivity index is 2.11. The van der Waals surface area contributed by atoms with Gasteiger partial charge >= 0.3 is 5.97 Å². The van der Waals surface area contributed by atoms with Crippen molar-refractivity contribution in [1.82, 2.24) is 0 Å². The highest BCUT2D eigenvalue weighted by atomic mass is 16.5. The van der Waals surface area contributed by atoms with Gasteiger partial charge in [0.25, 0.3) is 5.91 Å². The molecule has 6 nitrogen and oxygen atoms in total. The van der Waals surface area contributed by atoms with Crippen LogP contribution in [0.15, 0.2) is 66.7 Å². The van der Waals surface area contributed by atoms with Crippen LogP contribution in [0.25, 0.3) is 0 Å². The molecule has 0 spiro atoms. The largest absolute Gasteiger partial charge is 0.463 e. The fourth-order valence-electron chi connectivity index (χ4n) is 2.46. The van der Waals surface area contributed by atoms with Crippen molar-refractivity contribution in [2.24, 2.45) is 0 Å². The summed E-state index contributed by atoms with van der Waals surface area (Å²) in [6.45, 7) is 4.34. The number of nitrogens with one attached hydrogen (secondary N) is 1. The van der Waals surface area contributed by atoms with E-state index in [1.165, 1.54) is 0 Å². The Labute approximate surface area is 158 Å². The highest BCUT2D eigenvalue weighted by Crippen LogP contribution is 2.18. The first-order chi connectivity index (χ1) is 13.0.